The smallest absolute Gasteiger partial charge is 0.319 e. The van der Waals surface area contributed by atoms with E-state index in [0.717, 1.165) is 12.2 Å². The molecule has 0 unspecified atom stereocenters. The first-order chi connectivity index (χ1) is 10.8. The number of nitrogens with one attached hydrogen (secondary N) is 2. The molecule has 0 saturated heterocycles. The fraction of sp³-hybridized carbons (Fsp3) is 0.235. The summed E-state index contributed by atoms with van der Waals surface area (Å²) in [5.41, 5.74) is 0.668. The van der Waals surface area contributed by atoms with Gasteiger partial charge in [-0.1, -0.05) is 30.3 Å². The van der Waals surface area contributed by atoms with Gasteiger partial charge in [0, 0.05) is 11.4 Å². The van der Waals surface area contributed by atoms with Crippen LogP contribution in [0.4, 0.5) is 10.5 Å². The molecule has 0 aliphatic carbocycles. The summed E-state index contributed by atoms with van der Waals surface area (Å²) < 4.78 is 5.19. The number of anilines is 1. The molecule has 2 aromatic carbocycles. The lowest BCUT2D eigenvalue weighted by atomic mass is 10.3. The van der Waals surface area contributed by atoms with Crippen molar-refractivity contribution in [3.63, 3.8) is 0 Å². The van der Waals surface area contributed by atoms with Crippen molar-refractivity contribution in [2.75, 3.05) is 24.7 Å². The SMILES string of the molecule is COc1ccccc1NC(=O)NCCCSc1ccccc1. The van der Waals surface area contributed by atoms with E-state index in [1.54, 1.807) is 18.9 Å². The first kappa shape index (κ1) is 16.2. The number of carbonyl (C=O) groups excluding carboxylic acids is 1. The Morgan fingerprint density at radius 2 is 1.82 bits per heavy atom. The van der Waals surface area contributed by atoms with Gasteiger partial charge in [-0.25, -0.2) is 4.79 Å². The zero-order valence-corrected chi connectivity index (χ0v) is 13.4. The number of urea groups is 1. The molecule has 5 heteroatoms. The summed E-state index contributed by atoms with van der Waals surface area (Å²) in [7, 11) is 1.58. The molecular weight excluding hydrogens is 296 g/mol. The summed E-state index contributed by atoms with van der Waals surface area (Å²) in [6.45, 7) is 0.640. The van der Waals surface area contributed by atoms with Gasteiger partial charge in [-0.15, -0.1) is 11.8 Å². The highest BCUT2D eigenvalue weighted by Gasteiger charge is 2.05. The highest BCUT2D eigenvalue weighted by atomic mass is 32.2. The van der Waals surface area contributed by atoms with Crippen LogP contribution in [-0.4, -0.2) is 25.4 Å². The minimum Gasteiger partial charge on any atom is -0.495 e. The molecule has 0 saturated carbocycles. The van der Waals surface area contributed by atoms with Gasteiger partial charge >= 0.3 is 6.03 Å². The molecular formula is C17H20N2O2S. The van der Waals surface area contributed by atoms with Gasteiger partial charge in [0.25, 0.3) is 0 Å². The van der Waals surface area contributed by atoms with E-state index in [1.165, 1.54) is 4.90 Å². The van der Waals surface area contributed by atoms with Crippen molar-refractivity contribution >= 4 is 23.5 Å². The number of amides is 2. The zero-order valence-electron chi connectivity index (χ0n) is 12.5. The van der Waals surface area contributed by atoms with Crippen LogP contribution >= 0.6 is 11.8 Å². The molecule has 2 aromatic rings. The van der Waals surface area contributed by atoms with Crippen molar-refractivity contribution in [3.05, 3.63) is 54.6 Å². The van der Waals surface area contributed by atoms with Gasteiger partial charge in [0.1, 0.15) is 5.75 Å². The second kappa shape index (κ2) is 9.00. The van der Waals surface area contributed by atoms with Crippen LogP contribution in [0.25, 0.3) is 0 Å². The zero-order chi connectivity index (χ0) is 15.6. The standard InChI is InChI=1S/C17H20N2O2S/c1-21-16-11-6-5-10-15(16)19-17(20)18-12-7-13-22-14-8-3-2-4-9-14/h2-6,8-11H,7,12-13H2,1H3,(H2,18,19,20). The van der Waals surface area contributed by atoms with Crippen LogP contribution < -0.4 is 15.4 Å². The van der Waals surface area contributed by atoms with Gasteiger partial charge in [0.15, 0.2) is 0 Å². The summed E-state index contributed by atoms with van der Waals surface area (Å²) in [4.78, 5) is 13.1. The molecule has 0 heterocycles. The monoisotopic (exact) mass is 316 g/mol. The fourth-order valence-electron chi connectivity index (χ4n) is 1.90. The van der Waals surface area contributed by atoms with E-state index in [9.17, 15) is 4.79 Å². The van der Waals surface area contributed by atoms with E-state index in [1.807, 2.05) is 42.5 Å². The Bertz CT molecular complexity index is 590. The lowest BCUT2D eigenvalue weighted by molar-refractivity contribution is 0.252. The Hall–Kier alpha value is -2.14. The van der Waals surface area contributed by atoms with Crippen molar-refractivity contribution in [1.29, 1.82) is 0 Å². The predicted octanol–water partition coefficient (Wildman–Crippen LogP) is 4.00. The number of benzene rings is 2. The molecule has 0 aromatic heterocycles. The summed E-state index contributed by atoms with van der Waals surface area (Å²) in [6.07, 6.45) is 0.916. The molecule has 0 aliphatic rings. The number of thioether (sulfide) groups is 1. The normalized spacial score (nSPS) is 10.0. The topological polar surface area (TPSA) is 50.4 Å². The van der Waals surface area contributed by atoms with Crippen molar-refractivity contribution in [3.8, 4) is 5.75 Å². The third kappa shape index (κ3) is 5.33. The second-order valence-electron chi connectivity index (χ2n) is 4.60. The minimum atomic E-state index is -0.214. The van der Waals surface area contributed by atoms with Crippen LogP contribution in [-0.2, 0) is 0 Å². The van der Waals surface area contributed by atoms with Crippen LogP contribution in [0.3, 0.4) is 0 Å². The maximum atomic E-state index is 11.8. The van der Waals surface area contributed by atoms with Crippen molar-refractivity contribution in [2.24, 2.45) is 0 Å². The van der Waals surface area contributed by atoms with E-state index in [2.05, 4.69) is 22.8 Å². The molecule has 2 amide bonds. The van der Waals surface area contributed by atoms with Crippen LogP contribution in [0.5, 0.6) is 5.75 Å². The Balaban J connectivity index is 1.65. The molecule has 4 nitrogen and oxygen atoms in total. The van der Waals surface area contributed by atoms with Gasteiger partial charge in [-0.3, -0.25) is 0 Å². The number of para-hydroxylation sites is 2. The number of ether oxygens (including phenoxy) is 1. The highest BCUT2D eigenvalue weighted by Crippen LogP contribution is 2.22. The summed E-state index contributed by atoms with van der Waals surface area (Å²) in [6, 6.07) is 17.4. The van der Waals surface area contributed by atoms with E-state index in [-0.39, 0.29) is 6.03 Å². The van der Waals surface area contributed by atoms with E-state index in [4.69, 9.17) is 4.74 Å². The minimum absolute atomic E-state index is 0.214. The van der Waals surface area contributed by atoms with Crippen LogP contribution in [0.2, 0.25) is 0 Å². The van der Waals surface area contributed by atoms with Crippen LogP contribution in [0, 0.1) is 0 Å². The molecule has 0 spiro atoms. The quantitative estimate of drug-likeness (QED) is 0.599. The lowest BCUT2D eigenvalue weighted by Crippen LogP contribution is -2.29. The largest absolute Gasteiger partial charge is 0.495 e. The van der Waals surface area contributed by atoms with Gasteiger partial charge in [0.05, 0.1) is 12.8 Å². The lowest BCUT2D eigenvalue weighted by Gasteiger charge is -2.10. The van der Waals surface area contributed by atoms with E-state index in [0.29, 0.717) is 18.0 Å². The first-order valence-corrected chi connectivity index (χ1v) is 8.14. The van der Waals surface area contributed by atoms with Crippen LogP contribution in [0.15, 0.2) is 59.5 Å². The Kier molecular flexibility index (Phi) is 6.64. The molecule has 22 heavy (non-hydrogen) atoms. The molecule has 0 radical (unpaired) electrons. The van der Waals surface area contributed by atoms with Crippen LogP contribution in [0.1, 0.15) is 6.42 Å². The third-order valence-electron chi connectivity index (χ3n) is 2.97. The summed E-state index contributed by atoms with van der Waals surface area (Å²) in [5.74, 6) is 1.62. The Labute approximate surface area is 135 Å². The van der Waals surface area contributed by atoms with Gasteiger partial charge in [-0.05, 0) is 36.4 Å². The number of hydrogen-bond donors (Lipinski definition) is 2. The van der Waals surface area contributed by atoms with Gasteiger partial charge in [0.2, 0.25) is 0 Å². The maximum Gasteiger partial charge on any atom is 0.319 e. The van der Waals surface area contributed by atoms with E-state index < -0.39 is 0 Å². The van der Waals surface area contributed by atoms with Crippen molar-refractivity contribution < 1.29 is 9.53 Å². The van der Waals surface area contributed by atoms with Crippen molar-refractivity contribution in [1.82, 2.24) is 5.32 Å². The molecule has 0 fully saturated rings. The predicted molar refractivity (Wildman–Crippen MR) is 91.8 cm³/mol. The van der Waals surface area contributed by atoms with Crippen molar-refractivity contribution in [2.45, 2.75) is 11.3 Å². The molecule has 116 valence electrons. The second-order valence-corrected chi connectivity index (χ2v) is 5.76. The molecule has 0 bridgehead atoms. The first-order valence-electron chi connectivity index (χ1n) is 7.15. The number of rotatable bonds is 7. The summed E-state index contributed by atoms with van der Waals surface area (Å²) >= 11 is 1.79. The summed E-state index contributed by atoms with van der Waals surface area (Å²) in [5, 5.41) is 5.64. The highest BCUT2D eigenvalue weighted by molar-refractivity contribution is 7.99. The fourth-order valence-corrected chi connectivity index (χ4v) is 2.77. The Morgan fingerprint density at radius 3 is 2.59 bits per heavy atom. The van der Waals surface area contributed by atoms with E-state index >= 15 is 0 Å². The number of methoxy groups -OCH3 is 1. The average molecular weight is 316 g/mol. The molecule has 0 aliphatic heterocycles. The van der Waals surface area contributed by atoms with Gasteiger partial charge < -0.3 is 15.4 Å². The average Bonchev–Trinajstić information content (AvgIpc) is 2.56. The number of carbonyl (C=O) groups is 1. The molecule has 2 N–H and O–H groups in total. The number of hydrogen-bond acceptors (Lipinski definition) is 3. The molecule has 2 rings (SSSR count). The Morgan fingerprint density at radius 1 is 1.09 bits per heavy atom. The molecule has 0 atom stereocenters. The third-order valence-corrected chi connectivity index (χ3v) is 4.07. The van der Waals surface area contributed by atoms with Gasteiger partial charge in [-0.2, -0.15) is 0 Å². The maximum absolute atomic E-state index is 11.8.